The first-order chi connectivity index (χ1) is 10.3. The van der Waals surface area contributed by atoms with Gasteiger partial charge in [0, 0.05) is 18.7 Å². The van der Waals surface area contributed by atoms with Gasteiger partial charge in [0.05, 0.1) is 26.9 Å². The number of methoxy groups -OCH3 is 2. The Balaban J connectivity index is 1.70. The highest BCUT2D eigenvalue weighted by atomic mass is 16.5. The van der Waals surface area contributed by atoms with Crippen LogP contribution in [-0.4, -0.2) is 33.5 Å². The zero-order valence-corrected chi connectivity index (χ0v) is 13.2. The van der Waals surface area contributed by atoms with Gasteiger partial charge in [0.25, 0.3) is 0 Å². The normalized spacial score (nSPS) is 15.9. The molecule has 118 valence electrons. The van der Waals surface area contributed by atoms with Crippen LogP contribution in [0.15, 0.2) is 18.2 Å². The van der Waals surface area contributed by atoms with E-state index in [-0.39, 0.29) is 0 Å². The van der Waals surface area contributed by atoms with Gasteiger partial charge in [0.2, 0.25) is 0 Å². The Morgan fingerprint density at radius 1 is 1.10 bits per heavy atom. The van der Waals surface area contributed by atoms with Gasteiger partial charge >= 0.3 is 0 Å². The van der Waals surface area contributed by atoms with Crippen molar-refractivity contribution in [3.63, 3.8) is 0 Å². The molecule has 0 aromatic heterocycles. The van der Waals surface area contributed by atoms with E-state index in [0.29, 0.717) is 6.10 Å². The average Bonchev–Trinajstić information content (AvgIpc) is 2.55. The van der Waals surface area contributed by atoms with Crippen molar-refractivity contribution >= 4 is 0 Å². The molecule has 1 aliphatic carbocycles. The molecular weight excluding hydrogens is 266 g/mol. The zero-order valence-electron chi connectivity index (χ0n) is 13.2. The molecule has 0 atom stereocenters. The Morgan fingerprint density at radius 2 is 1.90 bits per heavy atom. The summed E-state index contributed by atoms with van der Waals surface area (Å²) in [4.78, 5) is 0. The third-order valence-corrected chi connectivity index (χ3v) is 3.99. The van der Waals surface area contributed by atoms with Crippen molar-refractivity contribution in [1.82, 2.24) is 5.32 Å². The minimum Gasteiger partial charge on any atom is -0.497 e. The van der Waals surface area contributed by atoms with Crippen molar-refractivity contribution in [3.8, 4) is 11.5 Å². The SMILES string of the molecule is COc1ccc(OC)c(CNCCOC2CCCCC2)c1. The number of rotatable bonds is 8. The fourth-order valence-electron chi connectivity index (χ4n) is 2.77. The van der Waals surface area contributed by atoms with Crippen LogP contribution in [0.25, 0.3) is 0 Å². The molecule has 4 nitrogen and oxygen atoms in total. The molecule has 1 aliphatic rings. The molecular formula is C17H27NO3. The second-order valence-corrected chi connectivity index (χ2v) is 5.49. The van der Waals surface area contributed by atoms with E-state index in [9.17, 15) is 0 Å². The zero-order chi connectivity index (χ0) is 14.9. The van der Waals surface area contributed by atoms with Crippen LogP contribution in [-0.2, 0) is 11.3 Å². The van der Waals surface area contributed by atoms with Gasteiger partial charge in [-0.1, -0.05) is 19.3 Å². The van der Waals surface area contributed by atoms with Crippen molar-refractivity contribution in [2.24, 2.45) is 0 Å². The lowest BCUT2D eigenvalue weighted by atomic mass is 9.98. The fourth-order valence-corrected chi connectivity index (χ4v) is 2.77. The van der Waals surface area contributed by atoms with Crippen LogP contribution in [0, 0.1) is 0 Å². The van der Waals surface area contributed by atoms with Gasteiger partial charge in [-0.25, -0.2) is 0 Å². The molecule has 0 unspecified atom stereocenters. The summed E-state index contributed by atoms with van der Waals surface area (Å²) in [5, 5.41) is 3.41. The number of hydrogen-bond donors (Lipinski definition) is 1. The van der Waals surface area contributed by atoms with Gasteiger partial charge in [-0.2, -0.15) is 0 Å². The number of hydrogen-bond acceptors (Lipinski definition) is 4. The predicted octanol–water partition coefficient (Wildman–Crippen LogP) is 3.14. The van der Waals surface area contributed by atoms with E-state index in [1.807, 2.05) is 18.2 Å². The summed E-state index contributed by atoms with van der Waals surface area (Å²) in [7, 11) is 3.37. The standard InChI is InChI=1S/C17H27NO3/c1-19-16-8-9-17(20-2)14(12-16)13-18-10-11-21-15-6-4-3-5-7-15/h8-9,12,15,18H,3-7,10-11,13H2,1-2H3. The number of ether oxygens (including phenoxy) is 3. The van der Waals surface area contributed by atoms with E-state index in [0.717, 1.165) is 36.8 Å². The van der Waals surface area contributed by atoms with Crippen LogP contribution in [0.5, 0.6) is 11.5 Å². The van der Waals surface area contributed by atoms with Gasteiger partial charge < -0.3 is 19.5 Å². The molecule has 21 heavy (non-hydrogen) atoms. The van der Waals surface area contributed by atoms with Gasteiger partial charge in [-0.05, 0) is 31.0 Å². The first-order valence-corrected chi connectivity index (χ1v) is 7.86. The second-order valence-electron chi connectivity index (χ2n) is 5.49. The summed E-state index contributed by atoms with van der Waals surface area (Å²) < 4.78 is 16.5. The highest BCUT2D eigenvalue weighted by Crippen LogP contribution is 2.23. The molecule has 0 radical (unpaired) electrons. The van der Waals surface area contributed by atoms with E-state index in [2.05, 4.69) is 5.32 Å². The molecule has 4 heteroatoms. The summed E-state index contributed by atoms with van der Waals surface area (Å²) in [6, 6.07) is 5.86. The van der Waals surface area contributed by atoms with Crippen LogP contribution in [0.4, 0.5) is 0 Å². The van der Waals surface area contributed by atoms with Crippen molar-refractivity contribution in [1.29, 1.82) is 0 Å². The molecule has 0 saturated heterocycles. The number of nitrogens with one attached hydrogen (secondary N) is 1. The molecule has 1 saturated carbocycles. The first-order valence-electron chi connectivity index (χ1n) is 7.86. The second kappa shape index (κ2) is 8.90. The molecule has 0 spiro atoms. The lowest BCUT2D eigenvalue weighted by molar-refractivity contribution is 0.0302. The van der Waals surface area contributed by atoms with Gasteiger partial charge in [0.15, 0.2) is 0 Å². The van der Waals surface area contributed by atoms with Gasteiger partial charge in [-0.15, -0.1) is 0 Å². The summed E-state index contributed by atoms with van der Waals surface area (Å²) in [5.41, 5.74) is 1.11. The first kappa shape index (κ1) is 16.1. The maximum absolute atomic E-state index is 5.90. The molecule has 2 rings (SSSR count). The summed E-state index contributed by atoms with van der Waals surface area (Å²) in [6.45, 7) is 2.39. The third kappa shape index (κ3) is 5.21. The predicted molar refractivity (Wildman–Crippen MR) is 84.1 cm³/mol. The molecule has 0 bridgehead atoms. The van der Waals surface area contributed by atoms with E-state index < -0.39 is 0 Å². The fraction of sp³-hybridized carbons (Fsp3) is 0.647. The highest BCUT2D eigenvalue weighted by Gasteiger charge is 2.13. The van der Waals surface area contributed by atoms with Crippen LogP contribution < -0.4 is 14.8 Å². The Labute approximate surface area is 127 Å². The third-order valence-electron chi connectivity index (χ3n) is 3.99. The van der Waals surface area contributed by atoms with E-state index in [1.54, 1.807) is 14.2 Å². The maximum Gasteiger partial charge on any atom is 0.123 e. The van der Waals surface area contributed by atoms with Crippen molar-refractivity contribution in [2.45, 2.75) is 44.8 Å². The van der Waals surface area contributed by atoms with E-state index in [1.165, 1.54) is 32.1 Å². The van der Waals surface area contributed by atoms with Crippen LogP contribution in [0.3, 0.4) is 0 Å². The highest BCUT2D eigenvalue weighted by molar-refractivity contribution is 5.40. The van der Waals surface area contributed by atoms with Crippen molar-refractivity contribution in [2.75, 3.05) is 27.4 Å². The molecule has 0 heterocycles. The topological polar surface area (TPSA) is 39.7 Å². The molecule has 1 fully saturated rings. The minimum absolute atomic E-state index is 0.479. The van der Waals surface area contributed by atoms with Crippen molar-refractivity contribution < 1.29 is 14.2 Å². The van der Waals surface area contributed by atoms with Crippen molar-refractivity contribution in [3.05, 3.63) is 23.8 Å². The monoisotopic (exact) mass is 293 g/mol. The quantitative estimate of drug-likeness (QED) is 0.747. The average molecular weight is 293 g/mol. The van der Waals surface area contributed by atoms with Crippen LogP contribution in [0.1, 0.15) is 37.7 Å². The lowest BCUT2D eigenvalue weighted by Gasteiger charge is -2.22. The molecule has 0 aliphatic heterocycles. The number of benzene rings is 1. The largest absolute Gasteiger partial charge is 0.497 e. The van der Waals surface area contributed by atoms with Crippen LogP contribution in [0.2, 0.25) is 0 Å². The maximum atomic E-state index is 5.90. The Hall–Kier alpha value is -1.26. The Kier molecular flexibility index (Phi) is 6.83. The Bertz CT molecular complexity index is 416. The van der Waals surface area contributed by atoms with Gasteiger partial charge in [-0.3, -0.25) is 0 Å². The molecule has 1 N–H and O–H groups in total. The van der Waals surface area contributed by atoms with Gasteiger partial charge in [0.1, 0.15) is 11.5 Å². The summed E-state index contributed by atoms with van der Waals surface area (Å²) in [5.74, 6) is 1.74. The Morgan fingerprint density at radius 3 is 2.62 bits per heavy atom. The molecule has 0 amide bonds. The van der Waals surface area contributed by atoms with Crippen LogP contribution >= 0.6 is 0 Å². The van der Waals surface area contributed by atoms with E-state index in [4.69, 9.17) is 14.2 Å². The lowest BCUT2D eigenvalue weighted by Crippen LogP contribution is -2.24. The molecule has 1 aromatic rings. The minimum atomic E-state index is 0.479. The molecule has 1 aromatic carbocycles. The smallest absolute Gasteiger partial charge is 0.123 e. The summed E-state index contributed by atoms with van der Waals surface area (Å²) >= 11 is 0. The van der Waals surface area contributed by atoms with E-state index >= 15 is 0 Å². The summed E-state index contributed by atoms with van der Waals surface area (Å²) in [6.07, 6.45) is 6.94.